The van der Waals surface area contributed by atoms with Crippen LogP contribution in [0.15, 0.2) is 163 Å². The average molecular weight is 573 g/mol. The Balaban J connectivity index is 1.35. The van der Waals surface area contributed by atoms with Crippen LogP contribution in [0.2, 0.25) is 0 Å². The first-order valence-electron chi connectivity index (χ1n) is 13.7. The molecule has 0 unspecified atom stereocenters. The highest BCUT2D eigenvalue weighted by Crippen LogP contribution is 2.46. The second kappa shape index (κ2) is 9.24. The Kier molecular flexibility index (Phi) is 5.20. The number of hydrogen-bond acceptors (Lipinski definition) is 6. The molecular formula is C36H20N4S2. The fraction of sp³-hybridized carbons (Fsp3) is 0. The topological polar surface area (TPSA) is 49.4 Å². The molecule has 5 aliphatic heterocycles. The lowest BCUT2D eigenvalue weighted by Gasteiger charge is -2.09. The van der Waals surface area contributed by atoms with Crippen LogP contribution >= 0.6 is 22.7 Å². The molecule has 0 radical (unpaired) electrons. The Hall–Kier alpha value is -5.04. The lowest BCUT2D eigenvalue weighted by molar-refractivity contribution is 1.41. The minimum Gasteiger partial charge on any atom is -0.249 e. The summed E-state index contributed by atoms with van der Waals surface area (Å²) >= 11 is 3.54. The third-order valence-electron chi connectivity index (χ3n) is 7.71. The molecule has 0 N–H and O–H groups in total. The molecule has 0 fully saturated rings. The van der Waals surface area contributed by atoms with Crippen LogP contribution in [0.4, 0.5) is 0 Å². The van der Waals surface area contributed by atoms with Crippen LogP contribution in [0, 0.1) is 0 Å². The quantitative estimate of drug-likeness (QED) is 0.230. The SMILES string of the molecule is C1=CC2=NC1=CC1=NC(=CC3=NC(=CC4=NC(=C2)C=C4)C(c2csc4ccccc24)=C3c2csc3ccccc23)C=C1. The fourth-order valence-electron chi connectivity index (χ4n) is 5.84. The summed E-state index contributed by atoms with van der Waals surface area (Å²) in [6.45, 7) is 0. The molecule has 2 aromatic heterocycles. The van der Waals surface area contributed by atoms with Crippen molar-refractivity contribution in [1.29, 1.82) is 0 Å². The summed E-state index contributed by atoms with van der Waals surface area (Å²) in [7, 11) is 0. The summed E-state index contributed by atoms with van der Waals surface area (Å²) < 4.78 is 2.51. The lowest BCUT2D eigenvalue weighted by Crippen LogP contribution is -1.98. The molecule has 7 heterocycles. The van der Waals surface area contributed by atoms with Crippen LogP contribution in [0.5, 0.6) is 0 Å². The molecule has 0 amide bonds. The van der Waals surface area contributed by atoms with Gasteiger partial charge < -0.3 is 0 Å². The minimum atomic E-state index is 0.868. The minimum absolute atomic E-state index is 0.868. The van der Waals surface area contributed by atoms with Gasteiger partial charge in [0, 0.05) is 42.4 Å². The van der Waals surface area contributed by atoms with Gasteiger partial charge in [-0.05, 0) is 83.7 Å². The third-order valence-corrected chi connectivity index (χ3v) is 9.64. The number of hydrogen-bond donors (Lipinski definition) is 0. The van der Waals surface area contributed by atoms with Crippen molar-refractivity contribution in [2.45, 2.75) is 0 Å². The second-order valence-corrected chi connectivity index (χ2v) is 12.2. The van der Waals surface area contributed by atoms with E-state index in [4.69, 9.17) is 20.0 Å². The number of benzene rings is 2. The molecule has 6 heteroatoms. The van der Waals surface area contributed by atoms with Crippen molar-refractivity contribution in [2.75, 3.05) is 0 Å². The Bertz CT molecular complexity index is 2280. The molecule has 9 rings (SSSR count). The summed E-state index contributed by atoms with van der Waals surface area (Å²) in [5.74, 6) is 0. The van der Waals surface area contributed by atoms with Crippen LogP contribution < -0.4 is 0 Å². The van der Waals surface area contributed by atoms with Crippen LogP contribution in [0.25, 0.3) is 31.3 Å². The fourth-order valence-corrected chi connectivity index (χ4v) is 7.75. The van der Waals surface area contributed by atoms with Crippen LogP contribution in [0.3, 0.4) is 0 Å². The van der Waals surface area contributed by atoms with Gasteiger partial charge in [0.15, 0.2) is 0 Å². The van der Waals surface area contributed by atoms with E-state index in [1.807, 2.05) is 36.5 Å². The van der Waals surface area contributed by atoms with Gasteiger partial charge in [0.25, 0.3) is 0 Å². The van der Waals surface area contributed by atoms with Gasteiger partial charge in [-0.25, -0.2) is 20.0 Å². The van der Waals surface area contributed by atoms with Crippen LogP contribution in [-0.4, -0.2) is 22.8 Å². The van der Waals surface area contributed by atoms with Crippen molar-refractivity contribution in [3.63, 3.8) is 0 Å². The number of aliphatic imine (C=N–C) groups is 4. The first kappa shape index (κ1) is 23.6. The zero-order chi connectivity index (χ0) is 27.6. The Morgan fingerprint density at radius 2 is 0.952 bits per heavy atom. The first-order chi connectivity index (χ1) is 20.7. The zero-order valence-corrected chi connectivity index (χ0v) is 23.8. The first-order valence-corrected chi connectivity index (χ1v) is 15.5. The Labute approximate surface area is 249 Å². The molecule has 2 aromatic carbocycles. The van der Waals surface area contributed by atoms with Gasteiger partial charge in [-0.3, -0.25) is 0 Å². The van der Waals surface area contributed by atoms with Gasteiger partial charge in [-0.2, -0.15) is 0 Å². The molecule has 0 saturated carbocycles. The monoisotopic (exact) mass is 572 g/mol. The van der Waals surface area contributed by atoms with Crippen molar-refractivity contribution in [2.24, 2.45) is 20.0 Å². The molecule has 0 atom stereocenters. The zero-order valence-electron chi connectivity index (χ0n) is 22.2. The van der Waals surface area contributed by atoms with E-state index in [-0.39, 0.29) is 0 Å². The molecule has 0 spiro atoms. The Morgan fingerprint density at radius 1 is 0.452 bits per heavy atom. The van der Waals surface area contributed by atoms with Gasteiger partial charge in [-0.1, -0.05) is 36.4 Å². The molecule has 4 nitrogen and oxygen atoms in total. The molecule has 0 aliphatic carbocycles. The number of rotatable bonds is 2. The number of thiophene rings is 2. The predicted molar refractivity (Wildman–Crippen MR) is 180 cm³/mol. The van der Waals surface area contributed by atoms with Gasteiger partial charge in [0.2, 0.25) is 0 Å². The maximum absolute atomic E-state index is 5.33. The highest BCUT2D eigenvalue weighted by atomic mass is 32.1. The van der Waals surface area contributed by atoms with E-state index in [1.165, 1.54) is 31.3 Å². The third kappa shape index (κ3) is 3.88. The molecule has 42 heavy (non-hydrogen) atoms. The highest BCUT2D eigenvalue weighted by molar-refractivity contribution is 7.18. The summed E-state index contributed by atoms with van der Waals surface area (Å²) in [6, 6.07) is 17.2. The van der Waals surface area contributed by atoms with Crippen molar-refractivity contribution < 1.29 is 0 Å². The van der Waals surface area contributed by atoms with Gasteiger partial charge in [0.05, 0.1) is 45.6 Å². The number of fused-ring (bicyclic) bond motifs is 6. The number of allylic oxidation sites excluding steroid dienone is 12. The van der Waals surface area contributed by atoms with Gasteiger partial charge >= 0.3 is 0 Å². The van der Waals surface area contributed by atoms with Gasteiger partial charge in [-0.15, -0.1) is 22.7 Å². The van der Waals surface area contributed by atoms with E-state index in [0.29, 0.717) is 0 Å². The smallest absolute Gasteiger partial charge is 0.0744 e. The summed E-state index contributed by atoms with van der Waals surface area (Å²) in [5, 5.41) is 7.00. The van der Waals surface area contributed by atoms with E-state index < -0.39 is 0 Å². The predicted octanol–water partition coefficient (Wildman–Crippen LogP) is 9.06. The van der Waals surface area contributed by atoms with E-state index in [1.54, 1.807) is 22.7 Å². The van der Waals surface area contributed by atoms with Crippen LogP contribution in [0.1, 0.15) is 11.1 Å². The largest absolute Gasteiger partial charge is 0.249 e. The molecular weight excluding hydrogens is 553 g/mol. The molecule has 8 bridgehead atoms. The normalized spacial score (nSPS) is 18.8. The van der Waals surface area contributed by atoms with Crippen molar-refractivity contribution in [1.82, 2.24) is 0 Å². The maximum Gasteiger partial charge on any atom is 0.0744 e. The molecule has 196 valence electrons. The maximum atomic E-state index is 5.33. The van der Waals surface area contributed by atoms with E-state index in [9.17, 15) is 0 Å². The summed E-state index contributed by atoms with van der Waals surface area (Å²) in [5.41, 5.74) is 11.7. The van der Waals surface area contributed by atoms with Crippen molar-refractivity contribution in [3.8, 4) is 0 Å². The lowest BCUT2D eigenvalue weighted by atomic mass is 9.91. The van der Waals surface area contributed by atoms with Crippen molar-refractivity contribution >= 4 is 76.8 Å². The van der Waals surface area contributed by atoms with E-state index >= 15 is 0 Å². The number of nitrogens with zero attached hydrogens (tertiary/aromatic N) is 4. The van der Waals surface area contributed by atoms with E-state index in [0.717, 1.165) is 56.8 Å². The highest BCUT2D eigenvalue weighted by Gasteiger charge is 2.29. The molecule has 5 aliphatic rings. The summed E-state index contributed by atoms with van der Waals surface area (Å²) in [4.78, 5) is 19.9. The summed E-state index contributed by atoms with van der Waals surface area (Å²) in [6.07, 6.45) is 20.5. The molecule has 0 saturated heterocycles. The Morgan fingerprint density at radius 3 is 1.55 bits per heavy atom. The van der Waals surface area contributed by atoms with Crippen molar-refractivity contribution in [3.05, 3.63) is 154 Å². The van der Waals surface area contributed by atoms with E-state index in [2.05, 4.69) is 83.6 Å². The van der Waals surface area contributed by atoms with Crippen LogP contribution in [-0.2, 0) is 0 Å². The van der Waals surface area contributed by atoms with Gasteiger partial charge in [0.1, 0.15) is 0 Å². The standard InChI is InChI=1S/C36H20N4S2/c1-3-7-33-27(5-1)29(19-41-33)35-31-17-25-13-11-23(38-25)15-21-9-10-22(37-21)16-24-12-14-26(39-24)18-32(40-31)36(35)30-20-42-34-8-4-2-6-28(30)34/h1-20H. The average Bonchev–Trinajstić information content (AvgIpc) is 3.84. The molecule has 4 aromatic rings. The second-order valence-electron chi connectivity index (χ2n) is 10.4.